The number of H-pyrrole nitrogens is 1. The van der Waals surface area contributed by atoms with E-state index in [1.807, 2.05) is 0 Å². The molecule has 1 heterocycles. The maximum atomic E-state index is 11.1. The summed E-state index contributed by atoms with van der Waals surface area (Å²) in [6.45, 7) is 0. The topological polar surface area (TPSA) is 55.0 Å². The average Bonchev–Trinajstić information content (AvgIpc) is 2.02. The molecule has 13 heavy (non-hydrogen) atoms. The normalized spacial score (nSPS) is 11.4. The van der Waals surface area contributed by atoms with Crippen LogP contribution in [0.3, 0.4) is 0 Å². The van der Waals surface area contributed by atoms with Gasteiger partial charge >= 0.3 is 0 Å². The van der Waals surface area contributed by atoms with Crippen LogP contribution in [0.4, 0.5) is 0 Å². The van der Waals surface area contributed by atoms with Crippen LogP contribution in [-0.4, -0.2) is 17.1 Å². The highest BCUT2D eigenvalue weighted by Crippen LogP contribution is 2.35. The number of aromatic amines is 1. The summed E-state index contributed by atoms with van der Waals surface area (Å²) < 4.78 is 2.95. The van der Waals surface area contributed by atoms with Gasteiger partial charge in [-0.2, -0.15) is 0 Å². The molecule has 1 N–H and O–H groups in total. The molecule has 0 fully saturated rings. The van der Waals surface area contributed by atoms with Crippen molar-refractivity contribution in [1.82, 2.24) is 9.97 Å². The lowest BCUT2D eigenvalue weighted by atomic mass is 10.5. The second-order valence-electron chi connectivity index (χ2n) is 2.13. The highest BCUT2D eigenvalue weighted by Gasteiger charge is 2.26. The summed E-state index contributed by atoms with van der Waals surface area (Å²) in [5, 5.41) is 0. The van der Waals surface area contributed by atoms with Gasteiger partial charge in [0.15, 0.2) is 5.82 Å². The third kappa shape index (κ3) is 2.49. The molecule has 0 aliphatic rings. The maximum absolute atomic E-state index is 11.1. The molecular formula is C6H5Cl3N2O2. The number of hydrogen-bond acceptors (Lipinski definition) is 3. The van der Waals surface area contributed by atoms with Gasteiger partial charge in [0.1, 0.15) is 0 Å². The summed E-state index contributed by atoms with van der Waals surface area (Å²) in [4.78, 5) is 17.1. The van der Waals surface area contributed by atoms with Crippen molar-refractivity contribution >= 4 is 34.8 Å². The third-order valence-corrected chi connectivity index (χ3v) is 1.79. The van der Waals surface area contributed by atoms with Crippen LogP contribution in [0, 0.1) is 0 Å². The molecule has 0 aromatic carbocycles. The van der Waals surface area contributed by atoms with Gasteiger partial charge in [-0.1, -0.05) is 34.8 Å². The number of aromatic nitrogens is 2. The molecule has 72 valence electrons. The van der Waals surface area contributed by atoms with Gasteiger partial charge < -0.3 is 9.72 Å². The highest BCUT2D eigenvalue weighted by molar-refractivity contribution is 6.66. The summed E-state index contributed by atoms with van der Waals surface area (Å²) in [7, 11) is 1.35. The lowest BCUT2D eigenvalue weighted by Gasteiger charge is -2.09. The van der Waals surface area contributed by atoms with E-state index in [1.165, 1.54) is 13.3 Å². The molecule has 1 aromatic heterocycles. The van der Waals surface area contributed by atoms with Gasteiger partial charge in [0, 0.05) is 0 Å². The first kappa shape index (κ1) is 10.6. The number of alkyl halides is 3. The molecular weight excluding hydrogens is 238 g/mol. The first-order chi connectivity index (χ1) is 5.95. The number of nitrogens with one attached hydrogen (secondary N) is 1. The highest BCUT2D eigenvalue weighted by atomic mass is 35.6. The zero-order chi connectivity index (χ0) is 10.1. The van der Waals surface area contributed by atoms with Gasteiger partial charge in [-0.3, -0.25) is 4.79 Å². The fraction of sp³-hybridized carbons (Fsp3) is 0.333. The SMILES string of the molecule is COc1cnc(C(Cl)(Cl)Cl)[nH]c1=O. The van der Waals surface area contributed by atoms with Crippen molar-refractivity contribution in [2.24, 2.45) is 0 Å². The molecule has 0 saturated carbocycles. The fourth-order valence-electron chi connectivity index (χ4n) is 0.673. The minimum absolute atomic E-state index is 0.0386. The van der Waals surface area contributed by atoms with Gasteiger partial charge in [-0.25, -0.2) is 4.98 Å². The van der Waals surface area contributed by atoms with Crippen LogP contribution in [0.25, 0.3) is 0 Å². The van der Waals surface area contributed by atoms with E-state index in [1.54, 1.807) is 0 Å². The number of rotatable bonds is 1. The molecule has 0 bridgehead atoms. The van der Waals surface area contributed by atoms with E-state index in [0.29, 0.717) is 0 Å². The Balaban J connectivity index is 3.18. The molecule has 0 aliphatic heterocycles. The van der Waals surface area contributed by atoms with Gasteiger partial charge in [-0.05, 0) is 0 Å². The van der Waals surface area contributed by atoms with Gasteiger partial charge in [0.05, 0.1) is 13.3 Å². The van der Waals surface area contributed by atoms with Crippen molar-refractivity contribution in [1.29, 1.82) is 0 Å². The Labute approximate surface area is 88.8 Å². The van der Waals surface area contributed by atoms with E-state index in [9.17, 15) is 4.79 Å². The van der Waals surface area contributed by atoms with Crippen LogP contribution in [0.5, 0.6) is 5.75 Å². The standard InChI is InChI=1S/C6H5Cl3N2O2/c1-13-3-2-10-5(6(7,8)9)11-4(3)12/h2H,1H3,(H,10,11,12). The van der Waals surface area contributed by atoms with E-state index < -0.39 is 9.35 Å². The Morgan fingerprint density at radius 2 is 2.15 bits per heavy atom. The molecule has 0 radical (unpaired) electrons. The average molecular weight is 243 g/mol. The summed E-state index contributed by atoms with van der Waals surface area (Å²) in [6.07, 6.45) is 1.19. The molecule has 0 aliphatic carbocycles. The van der Waals surface area contributed by atoms with Crippen LogP contribution < -0.4 is 10.3 Å². The second kappa shape index (κ2) is 3.74. The summed E-state index contributed by atoms with van der Waals surface area (Å²) in [5.74, 6) is 0.0290. The number of halogens is 3. The Kier molecular flexibility index (Phi) is 3.05. The zero-order valence-corrected chi connectivity index (χ0v) is 8.74. The fourth-order valence-corrected chi connectivity index (χ4v) is 0.961. The Morgan fingerprint density at radius 1 is 1.54 bits per heavy atom. The molecule has 4 nitrogen and oxygen atoms in total. The van der Waals surface area contributed by atoms with Crippen LogP contribution in [0.15, 0.2) is 11.0 Å². The monoisotopic (exact) mass is 242 g/mol. The summed E-state index contributed by atoms with van der Waals surface area (Å²) >= 11 is 16.5. The van der Waals surface area contributed by atoms with Crippen molar-refractivity contribution in [2.75, 3.05) is 7.11 Å². The lowest BCUT2D eigenvalue weighted by molar-refractivity contribution is 0.405. The zero-order valence-electron chi connectivity index (χ0n) is 6.47. The second-order valence-corrected chi connectivity index (χ2v) is 4.41. The molecule has 7 heteroatoms. The Hall–Kier alpha value is -0.450. The Morgan fingerprint density at radius 3 is 2.54 bits per heavy atom. The van der Waals surface area contributed by atoms with Gasteiger partial charge in [-0.15, -0.1) is 0 Å². The van der Waals surface area contributed by atoms with Gasteiger partial charge in [0.2, 0.25) is 9.54 Å². The molecule has 0 spiro atoms. The minimum Gasteiger partial charge on any atom is -0.490 e. The van der Waals surface area contributed by atoms with Crippen molar-refractivity contribution in [2.45, 2.75) is 3.79 Å². The molecule has 0 amide bonds. The molecule has 1 aromatic rings. The van der Waals surface area contributed by atoms with Crippen LogP contribution in [0.1, 0.15) is 5.82 Å². The molecule has 0 atom stereocenters. The van der Waals surface area contributed by atoms with E-state index in [-0.39, 0.29) is 11.6 Å². The quantitative estimate of drug-likeness (QED) is 0.762. The predicted octanol–water partition coefficient (Wildman–Crippen LogP) is 1.61. The largest absolute Gasteiger partial charge is 0.490 e. The number of methoxy groups -OCH3 is 1. The van der Waals surface area contributed by atoms with Crippen molar-refractivity contribution in [3.8, 4) is 5.75 Å². The molecule has 1 rings (SSSR count). The van der Waals surface area contributed by atoms with Crippen LogP contribution in [-0.2, 0) is 3.79 Å². The number of ether oxygens (including phenoxy) is 1. The lowest BCUT2D eigenvalue weighted by Crippen LogP contribution is -2.17. The molecule has 0 saturated heterocycles. The predicted molar refractivity (Wildman–Crippen MR) is 50.6 cm³/mol. The maximum Gasteiger partial charge on any atom is 0.293 e. The number of hydrogen-bond donors (Lipinski definition) is 1. The smallest absolute Gasteiger partial charge is 0.293 e. The van der Waals surface area contributed by atoms with Crippen LogP contribution in [0.2, 0.25) is 0 Å². The minimum atomic E-state index is -1.73. The van der Waals surface area contributed by atoms with Crippen molar-refractivity contribution < 1.29 is 4.74 Å². The third-order valence-electron chi connectivity index (χ3n) is 1.26. The molecule has 0 unspecified atom stereocenters. The van der Waals surface area contributed by atoms with E-state index in [4.69, 9.17) is 34.8 Å². The first-order valence-corrected chi connectivity index (χ1v) is 4.29. The van der Waals surface area contributed by atoms with E-state index in [0.717, 1.165) is 0 Å². The van der Waals surface area contributed by atoms with Gasteiger partial charge in [0.25, 0.3) is 5.56 Å². The number of nitrogens with zero attached hydrogens (tertiary/aromatic N) is 1. The van der Waals surface area contributed by atoms with E-state index in [2.05, 4.69) is 14.7 Å². The Bertz CT molecular complexity index is 358. The van der Waals surface area contributed by atoms with Crippen molar-refractivity contribution in [3.05, 3.63) is 22.4 Å². The van der Waals surface area contributed by atoms with Crippen LogP contribution >= 0.6 is 34.8 Å². The summed E-state index contributed by atoms with van der Waals surface area (Å²) in [5.41, 5.74) is -0.487. The summed E-state index contributed by atoms with van der Waals surface area (Å²) in [6, 6.07) is 0. The van der Waals surface area contributed by atoms with E-state index >= 15 is 0 Å². The first-order valence-electron chi connectivity index (χ1n) is 3.15. The van der Waals surface area contributed by atoms with Crippen molar-refractivity contribution in [3.63, 3.8) is 0 Å².